The fraction of sp³-hybridized carbons (Fsp3) is 0.167. The highest BCUT2D eigenvalue weighted by Gasteiger charge is 2.13. The second kappa shape index (κ2) is 4.30. The second-order valence-electron chi connectivity index (χ2n) is 2.23. The van der Waals surface area contributed by atoms with Crippen LogP contribution in [-0.4, -0.2) is 14.8 Å². The zero-order valence-corrected chi connectivity index (χ0v) is 8.90. The number of phosphoric ester groups is 1. The average molecular weight is 268 g/mol. The molecule has 7 heteroatoms. The molecule has 0 saturated carbocycles. The van der Waals surface area contributed by atoms with Crippen molar-refractivity contribution < 1.29 is 18.9 Å². The van der Waals surface area contributed by atoms with Crippen LogP contribution in [0.3, 0.4) is 0 Å². The van der Waals surface area contributed by atoms with E-state index in [1.54, 1.807) is 12.1 Å². The third-order valence-electron chi connectivity index (χ3n) is 1.17. The molecular weight excluding hydrogens is 261 g/mol. The number of phosphoric acid groups is 1. The minimum atomic E-state index is -4.39. The highest BCUT2D eigenvalue weighted by molar-refractivity contribution is 9.10. The van der Waals surface area contributed by atoms with E-state index in [9.17, 15) is 4.57 Å². The molecule has 0 amide bonds. The first-order valence-electron chi connectivity index (χ1n) is 3.28. The van der Waals surface area contributed by atoms with E-state index >= 15 is 0 Å². The summed E-state index contributed by atoms with van der Waals surface area (Å²) in [6.45, 7) is -0.197. The second-order valence-corrected chi connectivity index (χ2v) is 4.39. The predicted molar refractivity (Wildman–Crippen MR) is 48.8 cm³/mol. The summed E-state index contributed by atoms with van der Waals surface area (Å²) in [7, 11) is -4.39. The summed E-state index contributed by atoms with van der Waals surface area (Å²) in [6.07, 6.45) is 1.53. The SMILES string of the molecule is O=P(O)(O)OCc1ccc(Br)cn1. The molecule has 0 aliphatic heterocycles. The number of halogens is 1. The lowest BCUT2D eigenvalue weighted by molar-refractivity contribution is 0.187. The fourth-order valence-corrected chi connectivity index (χ4v) is 1.18. The third kappa shape index (κ3) is 4.50. The summed E-state index contributed by atoms with van der Waals surface area (Å²) in [5, 5.41) is 0. The first-order chi connectivity index (χ1) is 5.97. The third-order valence-corrected chi connectivity index (χ3v) is 2.10. The number of hydrogen-bond acceptors (Lipinski definition) is 3. The maximum atomic E-state index is 10.3. The molecule has 0 aliphatic carbocycles. The summed E-state index contributed by atoms with van der Waals surface area (Å²) in [6, 6.07) is 3.32. The molecule has 13 heavy (non-hydrogen) atoms. The Labute approximate surface area is 83.1 Å². The van der Waals surface area contributed by atoms with Crippen LogP contribution in [0.25, 0.3) is 0 Å². The van der Waals surface area contributed by atoms with E-state index in [2.05, 4.69) is 25.4 Å². The molecule has 1 aromatic heterocycles. The van der Waals surface area contributed by atoms with Gasteiger partial charge in [0.05, 0.1) is 5.69 Å². The Hall–Kier alpha value is -0.260. The quantitative estimate of drug-likeness (QED) is 0.811. The highest BCUT2D eigenvalue weighted by atomic mass is 79.9. The largest absolute Gasteiger partial charge is 0.469 e. The lowest BCUT2D eigenvalue weighted by atomic mass is 10.4. The maximum absolute atomic E-state index is 10.3. The van der Waals surface area contributed by atoms with E-state index in [0.29, 0.717) is 5.69 Å². The van der Waals surface area contributed by atoms with Gasteiger partial charge in [0, 0.05) is 10.7 Å². The zero-order valence-electron chi connectivity index (χ0n) is 6.42. The normalized spacial score (nSPS) is 11.6. The molecule has 1 rings (SSSR count). The van der Waals surface area contributed by atoms with Crippen LogP contribution in [0.15, 0.2) is 22.8 Å². The molecule has 0 atom stereocenters. The zero-order chi connectivity index (χ0) is 9.90. The van der Waals surface area contributed by atoms with Crippen molar-refractivity contribution >= 4 is 23.8 Å². The van der Waals surface area contributed by atoms with Gasteiger partial charge >= 0.3 is 7.82 Å². The van der Waals surface area contributed by atoms with Crippen LogP contribution in [-0.2, 0) is 15.7 Å². The van der Waals surface area contributed by atoms with Crippen molar-refractivity contribution in [1.29, 1.82) is 0 Å². The molecule has 0 unspecified atom stereocenters. The Balaban J connectivity index is 2.56. The fourth-order valence-electron chi connectivity index (χ4n) is 0.642. The van der Waals surface area contributed by atoms with Gasteiger partial charge in [0.1, 0.15) is 6.61 Å². The molecule has 1 aromatic rings. The monoisotopic (exact) mass is 267 g/mol. The molecular formula is C6H7BrNO4P. The molecule has 0 spiro atoms. The number of aromatic nitrogens is 1. The van der Waals surface area contributed by atoms with Crippen LogP contribution in [0.5, 0.6) is 0 Å². The van der Waals surface area contributed by atoms with E-state index in [1.165, 1.54) is 6.20 Å². The van der Waals surface area contributed by atoms with Crippen LogP contribution < -0.4 is 0 Å². The van der Waals surface area contributed by atoms with Crippen molar-refractivity contribution in [3.05, 3.63) is 28.5 Å². The van der Waals surface area contributed by atoms with Gasteiger partial charge in [0.25, 0.3) is 0 Å². The Kier molecular flexibility index (Phi) is 3.58. The molecule has 0 radical (unpaired) electrons. The van der Waals surface area contributed by atoms with E-state index < -0.39 is 7.82 Å². The smallest absolute Gasteiger partial charge is 0.303 e. The Morgan fingerprint density at radius 3 is 2.69 bits per heavy atom. The molecule has 0 aromatic carbocycles. The minimum absolute atomic E-state index is 0.197. The number of pyridine rings is 1. The minimum Gasteiger partial charge on any atom is -0.303 e. The van der Waals surface area contributed by atoms with Crippen molar-refractivity contribution in [2.45, 2.75) is 6.61 Å². The van der Waals surface area contributed by atoms with Gasteiger partial charge in [-0.2, -0.15) is 0 Å². The van der Waals surface area contributed by atoms with E-state index in [0.717, 1.165) is 4.47 Å². The van der Waals surface area contributed by atoms with Gasteiger partial charge in [-0.25, -0.2) is 4.57 Å². The van der Waals surface area contributed by atoms with Crippen molar-refractivity contribution in [1.82, 2.24) is 4.98 Å². The summed E-state index contributed by atoms with van der Waals surface area (Å²) in [5.41, 5.74) is 0.464. The Morgan fingerprint density at radius 2 is 2.23 bits per heavy atom. The highest BCUT2D eigenvalue weighted by Crippen LogP contribution is 2.36. The van der Waals surface area contributed by atoms with E-state index in [1.807, 2.05) is 0 Å². The summed E-state index contributed by atoms with van der Waals surface area (Å²) in [4.78, 5) is 20.6. The van der Waals surface area contributed by atoms with Crippen LogP contribution in [0, 0.1) is 0 Å². The lowest BCUT2D eigenvalue weighted by Gasteiger charge is -2.03. The molecule has 0 saturated heterocycles. The summed E-state index contributed by atoms with van der Waals surface area (Å²) < 4.78 is 15.3. The van der Waals surface area contributed by atoms with Crippen LogP contribution in [0.2, 0.25) is 0 Å². The molecule has 0 aliphatic rings. The Morgan fingerprint density at radius 1 is 1.54 bits per heavy atom. The topological polar surface area (TPSA) is 79.7 Å². The van der Waals surface area contributed by atoms with Crippen LogP contribution in [0.1, 0.15) is 5.69 Å². The van der Waals surface area contributed by atoms with E-state index in [4.69, 9.17) is 9.79 Å². The van der Waals surface area contributed by atoms with Gasteiger partial charge in [0.15, 0.2) is 0 Å². The molecule has 2 N–H and O–H groups in total. The van der Waals surface area contributed by atoms with Crippen LogP contribution in [0.4, 0.5) is 0 Å². The predicted octanol–water partition coefficient (Wildman–Crippen LogP) is 1.45. The molecule has 0 fully saturated rings. The first kappa shape index (κ1) is 10.8. The van der Waals surface area contributed by atoms with Crippen molar-refractivity contribution in [2.24, 2.45) is 0 Å². The molecule has 1 heterocycles. The first-order valence-corrected chi connectivity index (χ1v) is 5.60. The van der Waals surface area contributed by atoms with Crippen LogP contribution >= 0.6 is 23.8 Å². The van der Waals surface area contributed by atoms with Gasteiger partial charge in [-0.1, -0.05) is 0 Å². The van der Waals surface area contributed by atoms with Gasteiger partial charge in [-0.3, -0.25) is 9.51 Å². The van der Waals surface area contributed by atoms with Crippen molar-refractivity contribution in [3.8, 4) is 0 Å². The van der Waals surface area contributed by atoms with Gasteiger partial charge in [-0.15, -0.1) is 0 Å². The van der Waals surface area contributed by atoms with Gasteiger partial charge in [0.2, 0.25) is 0 Å². The van der Waals surface area contributed by atoms with Crippen molar-refractivity contribution in [2.75, 3.05) is 0 Å². The number of hydrogen-bond donors (Lipinski definition) is 2. The molecule has 0 bridgehead atoms. The van der Waals surface area contributed by atoms with E-state index in [-0.39, 0.29) is 6.61 Å². The summed E-state index contributed by atoms with van der Waals surface area (Å²) in [5.74, 6) is 0. The summed E-state index contributed by atoms with van der Waals surface area (Å²) >= 11 is 3.18. The van der Waals surface area contributed by atoms with Crippen molar-refractivity contribution in [3.63, 3.8) is 0 Å². The molecule has 72 valence electrons. The number of rotatable bonds is 3. The van der Waals surface area contributed by atoms with Gasteiger partial charge < -0.3 is 9.79 Å². The Bertz CT molecular complexity index is 322. The van der Waals surface area contributed by atoms with Gasteiger partial charge in [-0.05, 0) is 28.1 Å². The lowest BCUT2D eigenvalue weighted by Crippen LogP contribution is -1.93. The maximum Gasteiger partial charge on any atom is 0.469 e. The average Bonchev–Trinajstić information content (AvgIpc) is 2.02. The standard InChI is InChI=1S/C6H7BrNO4P/c7-5-1-2-6(8-3-5)4-12-13(9,10)11/h1-3H,4H2,(H2,9,10,11). The molecule has 5 nitrogen and oxygen atoms in total. The number of nitrogens with zero attached hydrogens (tertiary/aromatic N) is 1.